The lowest BCUT2D eigenvalue weighted by Crippen LogP contribution is -2.31. The Kier molecular flexibility index (Phi) is 3.89. The van der Waals surface area contributed by atoms with E-state index in [9.17, 15) is 10.0 Å². The number of rotatable bonds is 3. The molecule has 0 unspecified atom stereocenters. The molecule has 2 heterocycles. The minimum absolute atomic E-state index is 0.342. The molecule has 0 saturated heterocycles. The van der Waals surface area contributed by atoms with Gasteiger partial charge in [0.25, 0.3) is 0 Å². The second-order valence-electron chi connectivity index (χ2n) is 7.28. The fraction of sp³-hybridized carbons (Fsp3) is 0.238. The van der Waals surface area contributed by atoms with E-state index in [0.717, 1.165) is 52.6 Å². The van der Waals surface area contributed by atoms with Crippen LogP contribution in [-0.2, 0) is 12.8 Å². The molecule has 0 atom stereocenters. The average Bonchev–Trinajstić information content (AvgIpc) is 3.33. The molecule has 4 aromatic rings. The zero-order valence-electron chi connectivity index (χ0n) is 15.8. The number of aryl methyl sites for hydroxylation is 2. The molecule has 28 heavy (non-hydrogen) atoms. The third kappa shape index (κ3) is 2.36. The van der Waals surface area contributed by atoms with Crippen molar-refractivity contribution in [3.63, 3.8) is 0 Å². The monoisotopic (exact) mass is 373 g/mol. The van der Waals surface area contributed by atoms with Gasteiger partial charge in [-0.3, -0.25) is 5.10 Å². The largest absolute Gasteiger partial charge is 0.496 e. The second kappa shape index (κ2) is 6.33. The van der Waals surface area contributed by atoms with Crippen LogP contribution in [0.3, 0.4) is 0 Å². The third-order valence-corrected chi connectivity index (χ3v) is 5.70. The summed E-state index contributed by atoms with van der Waals surface area (Å²) in [4.78, 5) is 5.01. The van der Waals surface area contributed by atoms with Crippen molar-refractivity contribution in [1.29, 1.82) is 0 Å². The van der Waals surface area contributed by atoms with Gasteiger partial charge in [0.15, 0.2) is 0 Å². The van der Waals surface area contributed by atoms with Crippen LogP contribution < -0.4 is 10.2 Å². The molecule has 2 aromatic carbocycles. The normalized spacial score (nSPS) is 13.3. The van der Waals surface area contributed by atoms with Crippen molar-refractivity contribution >= 4 is 34.4 Å². The summed E-state index contributed by atoms with van der Waals surface area (Å²) in [5.41, 5.74) is 7.44. The zero-order valence-corrected chi connectivity index (χ0v) is 15.8. The average molecular weight is 373 g/mol. The Labute approximate surface area is 162 Å². The number of hydrogen-bond acceptors (Lipinski definition) is 5. The van der Waals surface area contributed by atoms with Crippen LogP contribution in [-0.4, -0.2) is 39.5 Å². The molecule has 0 bridgehead atoms. The lowest BCUT2D eigenvalue weighted by molar-refractivity contribution is 0.404. The minimum Gasteiger partial charge on any atom is -0.496 e. The van der Waals surface area contributed by atoms with E-state index in [-0.39, 0.29) is 0 Å². The number of hydrogen-bond donors (Lipinski definition) is 3. The van der Waals surface area contributed by atoms with Crippen molar-refractivity contribution < 1.29 is 14.8 Å². The van der Waals surface area contributed by atoms with Gasteiger partial charge in [0, 0.05) is 27.5 Å². The second-order valence-corrected chi connectivity index (χ2v) is 7.28. The summed E-state index contributed by atoms with van der Waals surface area (Å²) in [7, 11) is -0.0544. The minimum atomic E-state index is -1.60. The van der Waals surface area contributed by atoms with E-state index < -0.39 is 7.12 Å². The van der Waals surface area contributed by atoms with E-state index in [4.69, 9.17) is 9.72 Å². The van der Waals surface area contributed by atoms with Gasteiger partial charge in [0.1, 0.15) is 5.75 Å². The predicted octanol–water partition coefficient (Wildman–Crippen LogP) is 2.26. The Morgan fingerprint density at radius 3 is 2.61 bits per heavy atom. The number of aromatic nitrogens is 3. The summed E-state index contributed by atoms with van der Waals surface area (Å²) in [5, 5.41) is 29.3. The Bertz CT molecular complexity index is 1230. The highest BCUT2D eigenvalue weighted by Crippen LogP contribution is 2.41. The van der Waals surface area contributed by atoms with E-state index in [2.05, 4.69) is 10.2 Å². The zero-order chi connectivity index (χ0) is 19.4. The molecule has 2 aromatic heterocycles. The number of ether oxygens (including phenoxy) is 1. The van der Waals surface area contributed by atoms with Gasteiger partial charge >= 0.3 is 7.12 Å². The number of fused-ring (bicyclic) bond motifs is 5. The van der Waals surface area contributed by atoms with Gasteiger partial charge in [-0.25, -0.2) is 4.98 Å². The van der Waals surface area contributed by atoms with Gasteiger partial charge in [-0.1, -0.05) is 12.1 Å². The first-order chi connectivity index (χ1) is 13.6. The van der Waals surface area contributed by atoms with E-state index >= 15 is 0 Å². The van der Waals surface area contributed by atoms with Gasteiger partial charge in [-0.05, 0) is 55.5 Å². The van der Waals surface area contributed by atoms with Crippen LogP contribution in [0.4, 0.5) is 0 Å². The van der Waals surface area contributed by atoms with Crippen LogP contribution in [0, 0.1) is 6.92 Å². The van der Waals surface area contributed by atoms with Crippen LogP contribution in [0.25, 0.3) is 33.1 Å². The molecular formula is C21H20BN3O3. The summed E-state index contributed by atoms with van der Waals surface area (Å²) >= 11 is 0. The van der Waals surface area contributed by atoms with Gasteiger partial charge in [-0.15, -0.1) is 0 Å². The molecule has 6 nitrogen and oxygen atoms in total. The van der Waals surface area contributed by atoms with Crippen molar-refractivity contribution in [2.24, 2.45) is 0 Å². The van der Waals surface area contributed by atoms with E-state index in [1.165, 1.54) is 16.5 Å². The maximum Gasteiger partial charge on any atom is 0.492 e. The molecule has 5 rings (SSSR count). The predicted molar refractivity (Wildman–Crippen MR) is 110 cm³/mol. The molecule has 0 aliphatic heterocycles. The molecule has 0 saturated carbocycles. The molecule has 0 radical (unpaired) electrons. The van der Waals surface area contributed by atoms with Crippen LogP contribution in [0.2, 0.25) is 0 Å². The first-order valence-corrected chi connectivity index (χ1v) is 9.42. The fourth-order valence-corrected chi connectivity index (χ4v) is 4.52. The summed E-state index contributed by atoms with van der Waals surface area (Å²) in [6, 6.07) is 9.40. The highest BCUT2D eigenvalue weighted by Gasteiger charge is 2.27. The number of H-pyrrole nitrogens is 1. The van der Waals surface area contributed by atoms with Gasteiger partial charge < -0.3 is 14.8 Å². The first-order valence-electron chi connectivity index (χ1n) is 9.42. The van der Waals surface area contributed by atoms with Gasteiger partial charge in [0.2, 0.25) is 0 Å². The van der Waals surface area contributed by atoms with E-state index in [1.54, 1.807) is 13.2 Å². The number of benzene rings is 2. The van der Waals surface area contributed by atoms with Crippen LogP contribution in [0.1, 0.15) is 23.2 Å². The Morgan fingerprint density at radius 1 is 1.04 bits per heavy atom. The number of nitrogens with one attached hydrogen (secondary N) is 1. The maximum absolute atomic E-state index is 9.74. The molecular weight excluding hydrogens is 353 g/mol. The summed E-state index contributed by atoms with van der Waals surface area (Å²) in [6.07, 6.45) is 3.01. The van der Waals surface area contributed by atoms with Crippen molar-refractivity contribution in [3.8, 4) is 17.0 Å². The van der Waals surface area contributed by atoms with Crippen LogP contribution in [0.15, 0.2) is 30.3 Å². The highest BCUT2D eigenvalue weighted by atomic mass is 16.5. The number of aromatic amines is 1. The smallest absolute Gasteiger partial charge is 0.492 e. The molecule has 7 heteroatoms. The highest BCUT2D eigenvalue weighted by molar-refractivity contribution is 6.60. The van der Waals surface area contributed by atoms with Crippen molar-refractivity contribution in [2.75, 3.05) is 7.11 Å². The Morgan fingerprint density at radius 2 is 1.82 bits per heavy atom. The molecule has 140 valence electrons. The number of methoxy groups -OCH3 is 1. The molecule has 1 aliphatic rings. The number of pyridine rings is 1. The van der Waals surface area contributed by atoms with E-state index in [0.29, 0.717) is 11.2 Å². The molecule has 0 amide bonds. The van der Waals surface area contributed by atoms with Crippen molar-refractivity contribution in [2.45, 2.75) is 26.2 Å². The van der Waals surface area contributed by atoms with Crippen LogP contribution >= 0.6 is 0 Å². The molecule has 0 spiro atoms. The number of para-hydroxylation sites is 1. The van der Waals surface area contributed by atoms with E-state index in [1.807, 2.05) is 31.2 Å². The Hall–Kier alpha value is -2.90. The standard InChI is InChI=1S/C21H20BN3O3/c1-11-18-17(25-24-11)10-9-16-19(18)12-5-3-6-13(12)20(23-16)14-7-4-8-15(22(26)27)21(14)28-2/h4,7-10,26-27H,3,5-6H2,1-2H3,(H,24,25). The van der Waals surface area contributed by atoms with Gasteiger partial charge in [-0.2, -0.15) is 5.10 Å². The Balaban J connectivity index is 1.87. The van der Waals surface area contributed by atoms with Crippen molar-refractivity contribution in [1.82, 2.24) is 15.2 Å². The third-order valence-electron chi connectivity index (χ3n) is 5.70. The number of nitrogens with zero attached hydrogens (tertiary/aromatic N) is 2. The summed E-state index contributed by atoms with van der Waals surface area (Å²) < 4.78 is 5.57. The fourth-order valence-electron chi connectivity index (χ4n) is 4.52. The lowest BCUT2D eigenvalue weighted by atomic mass is 9.78. The summed E-state index contributed by atoms with van der Waals surface area (Å²) in [5.74, 6) is 0.457. The topological polar surface area (TPSA) is 91.3 Å². The van der Waals surface area contributed by atoms with Gasteiger partial charge in [0.05, 0.1) is 23.8 Å². The molecule has 0 fully saturated rings. The molecule has 1 aliphatic carbocycles. The summed E-state index contributed by atoms with van der Waals surface area (Å²) in [6.45, 7) is 2.04. The molecule has 3 N–H and O–H groups in total. The van der Waals surface area contributed by atoms with Crippen molar-refractivity contribution in [3.05, 3.63) is 47.2 Å². The lowest BCUT2D eigenvalue weighted by Gasteiger charge is -2.17. The first kappa shape index (κ1) is 17.2. The quantitative estimate of drug-likeness (QED) is 0.479. The van der Waals surface area contributed by atoms with Crippen LogP contribution in [0.5, 0.6) is 5.75 Å². The maximum atomic E-state index is 9.74. The SMILES string of the molecule is COc1c(B(O)O)cccc1-c1nc2ccc3n[nH]c(C)c3c2c2c1CCC2.